The zero-order valence-electron chi connectivity index (χ0n) is 9.68. The van der Waals surface area contributed by atoms with Gasteiger partial charge in [-0.15, -0.1) is 0 Å². The SMILES string of the molecule is COc1cccc2c(C(=O)C(Cl)(Cl)Cl)c(C)[nH]c12. The second-order valence-corrected chi connectivity index (χ2v) is 6.12. The summed E-state index contributed by atoms with van der Waals surface area (Å²) in [6.07, 6.45) is 0. The zero-order chi connectivity index (χ0) is 13.5. The van der Waals surface area contributed by atoms with Crippen molar-refractivity contribution in [1.82, 2.24) is 4.98 Å². The smallest absolute Gasteiger partial charge is 0.253 e. The van der Waals surface area contributed by atoms with Gasteiger partial charge in [0.05, 0.1) is 18.2 Å². The number of hydrogen-bond acceptors (Lipinski definition) is 2. The molecule has 0 fully saturated rings. The highest BCUT2D eigenvalue weighted by atomic mass is 35.6. The normalized spacial score (nSPS) is 11.8. The Balaban J connectivity index is 2.73. The molecule has 0 atom stereocenters. The zero-order valence-corrected chi connectivity index (χ0v) is 12.0. The Kier molecular flexibility index (Phi) is 3.49. The van der Waals surface area contributed by atoms with Crippen molar-refractivity contribution in [3.8, 4) is 5.75 Å². The highest BCUT2D eigenvalue weighted by Gasteiger charge is 2.34. The molecule has 3 nitrogen and oxygen atoms in total. The molecule has 0 aliphatic carbocycles. The standard InChI is InChI=1S/C12H10Cl3NO2/c1-6-9(11(17)12(13,14)15)7-4-3-5-8(18-2)10(7)16-6/h3-5,16H,1-2H3. The molecule has 1 N–H and O–H groups in total. The molecule has 0 amide bonds. The summed E-state index contributed by atoms with van der Waals surface area (Å²) in [5, 5.41) is 0.683. The van der Waals surface area contributed by atoms with Gasteiger partial charge >= 0.3 is 0 Å². The molecule has 0 bridgehead atoms. The van der Waals surface area contributed by atoms with Gasteiger partial charge in [0.25, 0.3) is 3.79 Å². The van der Waals surface area contributed by atoms with Gasteiger partial charge < -0.3 is 9.72 Å². The Morgan fingerprint density at radius 3 is 2.56 bits per heavy atom. The highest BCUT2D eigenvalue weighted by molar-refractivity contribution is 6.77. The third-order valence-electron chi connectivity index (χ3n) is 2.69. The number of fused-ring (bicyclic) bond motifs is 1. The van der Waals surface area contributed by atoms with Gasteiger partial charge in [-0.1, -0.05) is 46.9 Å². The van der Waals surface area contributed by atoms with E-state index in [1.807, 2.05) is 0 Å². The van der Waals surface area contributed by atoms with Crippen LogP contribution in [-0.4, -0.2) is 21.7 Å². The number of ketones is 1. The molecule has 0 saturated heterocycles. The van der Waals surface area contributed by atoms with Crippen molar-refractivity contribution in [2.75, 3.05) is 7.11 Å². The molecule has 1 heterocycles. The molecule has 2 aromatic rings. The lowest BCUT2D eigenvalue weighted by molar-refractivity contribution is 0.0997. The van der Waals surface area contributed by atoms with Gasteiger partial charge in [-0.3, -0.25) is 4.79 Å². The quantitative estimate of drug-likeness (QED) is 0.672. The molecule has 0 aliphatic rings. The molecule has 0 radical (unpaired) electrons. The number of para-hydroxylation sites is 1. The number of benzene rings is 1. The van der Waals surface area contributed by atoms with Crippen LogP contribution in [0.1, 0.15) is 16.1 Å². The Morgan fingerprint density at radius 1 is 1.33 bits per heavy atom. The van der Waals surface area contributed by atoms with E-state index in [9.17, 15) is 4.79 Å². The molecule has 1 aromatic carbocycles. The molecule has 0 spiro atoms. The van der Waals surface area contributed by atoms with Crippen molar-refractivity contribution >= 4 is 51.5 Å². The molecule has 0 saturated carbocycles. The van der Waals surface area contributed by atoms with Crippen LogP contribution >= 0.6 is 34.8 Å². The second kappa shape index (κ2) is 4.65. The summed E-state index contributed by atoms with van der Waals surface area (Å²) in [6, 6.07) is 5.36. The lowest BCUT2D eigenvalue weighted by Gasteiger charge is -2.09. The number of aromatic amines is 1. The summed E-state index contributed by atoms with van der Waals surface area (Å²) < 4.78 is 3.25. The number of halogens is 3. The second-order valence-electron chi connectivity index (χ2n) is 3.83. The first-order valence-electron chi connectivity index (χ1n) is 5.13. The summed E-state index contributed by atoms with van der Waals surface area (Å²) in [5.41, 5.74) is 1.74. The first-order valence-corrected chi connectivity index (χ1v) is 6.26. The van der Waals surface area contributed by atoms with Crippen LogP contribution in [0.5, 0.6) is 5.75 Å². The molecule has 0 aliphatic heterocycles. The lowest BCUT2D eigenvalue weighted by Crippen LogP contribution is -2.19. The highest BCUT2D eigenvalue weighted by Crippen LogP contribution is 2.36. The topological polar surface area (TPSA) is 42.1 Å². The Hall–Kier alpha value is -0.900. The third-order valence-corrected chi connectivity index (χ3v) is 3.20. The monoisotopic (exact) mass is 305 g/mol. The van der Waals surface area contributed by atoms with E-state index in [4.69, 9.17) is 39.5 Å². The van der Waals surface area contributed by atoms with E-state index >= 15 is 0 Å². The predicted molar refractivity (Wildman–Crippen MR) is 74.2 cm³/mol. The summed E-state index contributed by atoms with van der Waals surface area (Å²) in [7, 11) is 1.56. The van der Waals surface area contributed by atoms with Gasteiger partial charge in [-0.2, -0.15) is 0 Å². The molecule has 0 unspecified atom stereocenters. The fraction of sp³-hybridized carbons (Fsp3) is 0.250. The number of carbonyl (C=O) groups excluding carboxylic acids is 1. The van der Waals surface area contributed by atoms with Gasteiger partial charge in [-0.05, 0) is 13.0 Å². The molecule has 6 heteroatoms. The molecule has 2 rings (SSSR count). The minimum Gasteiger partial charge on any atom is -0.495 e. The average Bonchev–Trinajstić information content (AvgIpc) is 2.62. The number of H-pyrrole nitrogens is 1. The maximum absolute atomic E-state index is 12.1. The van der Waals surface area contributed by atoms with E-state index in [1.165, 1.54) is 0 Å². The van der Waals surface area contributed by atoms with E-state index in [1.54, 1.807) is 32.2 Å². The number of carbonyl (C=O) groups is 1. The Bertz CT molecular complexity index is 614. The van der Waals surface area contributed by atoms with E-state index in [0.29, 0.717) is 22.4 Å². The number of Topliss-reactive ketones (excluding diaryl/α,β-unsaturated/α-hetero) is 1. The van der Waals surface area contributed by atoms with Crippen LogP contribution in [-0.2, 0) is 0 Å². The first kappa shape index (κ1) is 13.5. The van der Waals surface area contributed by atoms with Gasteiger partial charge in [0.15, 0.2) is 0 Å². The van der Waals surface area contributed by atoms with E-state index in [2.05, 4.69) is 4.98 Å². The number of methoxy groups -OCH3 is 1. The van der Waals surface area contributed by atoms with Crippen molar-refractivity contribution in [2.24, 2.45) is 0 Å². The number of ether oxygens (including phenoxy) is 1. The van der Waals surface area contributed by atoms with Gasteiger partial charge in [-0.25, -0.2) is 0 Å². The minimum absolute atomic E-state index is 0.379. The maximum atomic E-state index is 12.1. The molecule has 1 aromatic heterocycles. The summed E-state index contributed by atoms with van der Waals surface area (Å²) in [6.45, 7) is 1.75. The molecule has 96 valence electrons. The van der Waals surface area contributed by atoms with Crippen molar-refractivity contribution in [1.29, 1.82) is 0 Å². The third kappa shape index (κ3) is 2.18. The van der Waals surface area contributed by atoms with Gasteiger partial charge in [0.2, 0.25) is 5.78 Å². The number of hydrogen-bond donors (Lipinski definition) is 1. The molecular formula is C12H10Cl3NO2. The number of alkyl halides is 3. The fourth-order valence-electron chi connectivity index (χ4n) is 1.92. The first-order chi connectivity index (χ1) is 8.36. The van der Waals surface area contributed by atoms with Crippen LogP contribution in [0.3, 0.4) is 0 Å². The van der Waals surface area contributed by atoms with Gasteiger partial charge in [0, 0.05) is 11.1 Å². The maximum Gasteiger partial charge on any atom is 0.253 e. The van der Waals surface area contributed by atoms with Crippen LogP contribution in [0.25, 0.3) is 10.9 Å². The number of aromatic nitrogens is 1. The van der Waals surface area contributed by atoms with Crippen molar-refractivity contribution in [3.63, 3.8) is 0 Å². The Labute approximate surface area is 119 Å². The lowest BCUT2D eigenvalue weighted by atomic mass is 10.1. The van der Waals surface area contributed by atoms with E-state index in [0.717, 1.165) is 5.52 Å². The van der Waals surface area contributed by atoms with Crippen LogP contribution in [0.2, 0.25) is 0 Å². The van der Waals surface area contributed by atoms with Crippen LogP contribution in [0.4, 0.5) is 0 Å². The van der Waals surface area contributed by atoms with Crippen molar-refractivity contribution in [2.45, 2.75) is 10.7 Å². The number of rotatable bonds is 2. The van der Waals surface area contributed by atoms with E-state index in [-0.39, 0.29) is 0 Å². The number of aryl methyl sites for hydroxylation is 1. The van der Waals surface area contributed by atoms with Crippen LogP contribution in [0.15, 0.2) is 18.2 Å². The summed E-state index contributed by atoms with van der Waals surface area (Å²) in [4.78, 5) is 15.2. The largest absolute Gasteiger partial charge is 0.495 e. The summed E-state index contributed by atoms with van der Waals surface area (Å²) >= 11 is 17.0. The molecular weight excluding hydrogens is 296 g/mol. The van der Waals surface area contributed by atoms with Crippen molar-refractivity contribution < 1.29 is 9.53 Å². The fourth-order valence-corrected chi connectivity index (χ4v) is 2.21. The average molecular weight is 307 g/mol. The van der Waals surface area contributed by atoms with Crippen LogP contribution < -0.4 is 4.74 Å². The number of nitrogens with one attached hydrogen (secondary N) is 1. The minimum atomic E-state index is -1.97. The predicted octanol–water partition coefficient (Wildman–Crippen LogP) is 4.04. The Morgan fingerprint density at radius 2 is 2.00 bits per heavy atom. The van der Waals surface area contributed by atoms with Crippen molar-refractivity contribution in [3.05, 3.63) is 29.5 Å². The van der Waals surface area contributed by atoms with Crippen LogP contribution in [0, 0.1) is 6.92 Å². The van der Waals surface area contributed by atoms with Gasteiger partial charge in [0.1, 0.15) is 5.75 Å². The van der Waals surface area contributed by atoms with E-state index < -0.39 is 9.58 Å². The molecule has 18 heavy (non-hydrogen) atoms. The summed E-state index contributed by atoms with van der Waals surface area (Å²) in [5.74, 6) is 0.0865.